The van der Waals surface area contributed by atoms with Gasteiger partial charge in [-0.25, -0.2) is 0 Å². The summed E-state index contributed by atoms with van der Waals surface area (Å²) < 4.78 is 0. The molecular formula is C60H56Cl2SiZr. The first-order valence-electron chi connectivity index (χ1n) is 22.6. The predicted molar refractivity (Wildman–Crippen MR) is 282 cm³/mol. The van der Waals surface area contributed by atoms with Gasteiger partial charge in [-0.3, -0.25) is 0 Å². The molecule has 0 spiro atoms. The molecule has 10 aromatic carbocycles. The van der Waals surface area contributed by atoms with Gasteiger partial charge in [0, 0.05) is 9.52 Å². The Morgan fingerprint density at radius 2 is 0.672 bits per heavy atom. The Bertz CT molecular complexity index is 2830. The Labute approximate surface area is 402 Å². The van der Waals surface area contributed by atoms with Crippen molar-refractivity contribution in [2.45, 2.75) is 65.5 Å². The van der Waals surface area contributed by atoms with E-state index in [1.54, 1.807) is 0 Å². The fourth-order valence-electron chi connectivity index (χ4n) is 8.94. The van der Waals surface area contributed by atoms with Crippen LogP contribution in [0.3, 0.4) is 0 Å². The zero-order valence-electron chi connectivity index (χ0n) is 37.5. The van der Waals surface area contributed by atoms with E-state index in [0.717, 1.165) is 22.4 Å². The van der Waals surface area contributed by atoms with E-state index in [-0.39, 0.29) is 0 Å². The normalized spacial score (nSPS) is 10.7. The fourth-order valence-corrected chi connectivity index (χ4v) is 8.94. The number of hydrogen-bond donors (Lipinski definition) is 0. The van der Waals surface area contributed by atoms with Gasteiger partial charge in [-0.1, -0.05) is 209 Å². The van der Waals surface area contributed by atoms with Crippen molar-refractivity contribution < 1.29 is 20.8 Å². The summed E-state index contributed by atoms with van der Waals surface area (Å²) in [5.41, 5.74) is 13.4. The van der Waals surface area contributed by atoms with Gasteiger partial charge in [0.05, 0.1) is 0 Å². The minimum atomic E-state index is -0.826. The molecule has 64 heavy (non-hydrogen) atoms. The Kier molecular flexibility index (Phi) is 17.6. The number of aryl methyl sites for hydroxylation is 2. The van der Waals surface area contributed by atoms with Crippen LogP contribution in [0.25, 0.3) is 87.6 Å². The minimum absolute atomic E-state index is 0.826. The molecule has 0 atom stereocenters. The summed E-state index contributed by atoms with van der Waals surface area (Å²) in [5.74, 6) is 0. The summed E-state index contributed by atoms with van der Waals surface area (Å²) in [4.78, 5) is 0. The standard InChI is InChI=1S/2C29H25.C2H6Si.2ClH.Zr/c2*1-2-3-10-21-19-23-13-9-18-28(29(23)20-21)27-16-7-6-15-26(27)25-17-8-12-22-11-4-5-14-24(22)25;1-3-2;;;/h2*4-9,11-20H,2-3,10H2,1H3;1-2H3;2*1H;/q2*-1;;;;+4/p-2. The molecule has 0 bridgehead atoms. The molecule has 4 heteroatoms. The second kappa shape index (κ2) is 23.9. The molecule has 0 amide bonds. The molecule has 0 fully saturated rings. The van der Waals surface area contributed by atoms with Crippen molar-refractivity contribution in [3.63, 3.8) is 0 Å². The molecule has 10 aromatic rings. The summed E-state index contributed by atoms with van der Waals surface area (Å²) >= 11 is -0.826. The molecule has 318 valence electrons. The summed E-state index contributed by atoms with van der Waals surface area (Å²) in [5, 5.41) is 10.6. The summed E-state index contributed by atoms with van der Waals surface area (Å²) in [6.45, 7) is 8.82. The van der Waals surface area contributed by atoms with Crippen LogP contribution in [0.1, 0.15) is 50.7 Å². The van der Waals surface area contributed by atoms with Gasteiger partial charge in [-0.15, -0.1) is 69.1 Å². The molecule has 0 unspecified atom stereocenters. The molecule has 0 aliphatic heterocycles. The molecule has 0 aromatic heterocycles. The van der Waals surface area contributed by atoms with Gasteiger partial charge >= 0.3 is 37.9 Å². The van der Waals surface area contributed by atoms with Crippen molar-refractivity contribution >= 4 is 69.6 Å². The molecule has 0 saturated heterocycles. The van der Waals surface area contributed by atoms with Crippen molar-refractivity contribution in [3.8, 4) is 44.5 Å². The molecule has 0 heterocycles. The van der Waals surface area contributed by atoms with Crippen molar-refractivity contribution in [1.82, 2.24) is 0 Å². The van der Waals surface area contributed by atoms with Crippen molar-refractivity contribution in [3.05, 3.63) is 205 Å². The number of hydrogen-bond acceptors (Lipinski definition) is 0. The van der Waals surface area contributed by atoms with Crippen LogP contribution in [0.5, 0.6) is 0 Å². The number of rotatable bonds is 10. The van der Waals surface area contributed by atoms with Crippen LogP contribution >= 0.6 is 17.0 Å². The van der Waals surface area contributed by atoms with E-state index in [1.165, 1.54) is 124 Å². The zero-order valence-corrected chi connectivity index (χ0v) is 42.4. The summed E-state index contributed by atoms with van der Waals surface area (Å²) in [6.07, 6.45) is 7.29. The van der Waals surface area contributed by atoms with E-state index in [4.69, 9.17) is 17.0 Å². The summed E-state index contributed by atoms with van der Waals surface area (Å²) in [7, 11) is 11.0. The predicted octanol–water partition coefficient (Wildman–Crippen LogP) is 18.9. The van der Waals surface area contributed by atoms with Gasteiger partial charge in [-0.05, 0) is 67.8 Å². The van der Waals surface area contributed by atoms with Crippen molar-refractivity contribution in [2.75, 3.05) is 0 Å². The topological polar surface area (TPSA) is 0 Å². The first kappa shape index (κ1) is 47.2. The molecular weight excluding hydrogens is 911 g/mol. The third kappa shape index (κ3) is 11.2. The van der Waals surface area contributed by atoms with Gasteiger partial charge in [-0.2, -0.15) is 12.1 Å². The molecule has 0 N–H and O–H groups in total. The molecule has 2 radical (unpaired) electrons. The first-order chi connectivity index (χ1) is 31.5. The third-order valence-corrected chi connectivity index (χ3v) is 11.9. The van der Waals surface area contributed by atoms with E-state index < -0.39 is 20.8 Å². The van der Waals surface area contributed by atoms with Gasteiger partial charge in [0.15, 0.2) is 0 Å². The Morgan fingerprint density at radius 3 is 1.03 bits per heavy atom. The van der Waals surface area contributed by atoms with Crippen LogP contribution < -0.4 is 0 Å². The first-order valence-corrected chi connectivity index (χ1v) is 30.9. The molecule has 0 aliphatic rings. The molecule has 0 nitrogen and oxygen atoms in total. The number of halogens is 2. The second-order valence-electron chi connectivity index (χ2n) is 16.3. The van der Waals surface area contributed by atoms with E-state index in [9.17, 15) is 0 Å². The van der Waals surface area contributed by atoms with Gasteiger partial charge < -0.3 is 0 Å². The Morgan fingerprint density at radius 1 is 0.391 bits per heavy atom. The van der Waals surface area contributed by atoms with Crippen LogP contribution in [-0.4, -0.2) is 9.52 Å². The van der Waals surface area contributed by atoms with Gasteiger partial charge in [0.2, 0.25) is 0 Å². The average Bonchev–Trinajstić information content (AvgIpc) is 3.97. The van der Waals surface area contributed by atoms with Crippen LogP contribution in [0.2, 0.25) is 13.1 Å². The van der Waals surface area contributed by atoms with E-state index >= 15 is 0 Å². The zero-order chi connectivity index (χ0) is 44.7. The van der Waals surface area contributed by atoms with E-state index in [2.05, 4.69) is 221 Å². The quantitative estimate of drug-likeness (QED) is 0.0946. The number of unbranched alkanes of at least 4 members (excludes halogenated alkanes) is 2. The van der Waals surface area contributed by atoms with Crippen LogP contribution in [-0.2, 0) is 33.7 Å². The fraction of sp³-hybridized carbons (Fsp3) is 0.167. The van der Waals surface area contributed by atoms with Crippen molar-refractivity contribution in [1.29, 1.82) is 0 Å². The maximum absolute atomic E-state index is 4.93. The van der Waals surface area contributed by atoms with Crippen LogP contribution in [0.15, 0.2) is 194 Å². The monoisotopic (exact) mass is 964 g/mol. The molecule has 0 aliphatic carbocycles. The van der Waals surface area contributed by atoms with Gasteiger partial charge in [0.25, 0.3) is 0 Å². The molecule has 0 saturated carbocycles. The SMILES string of the molecule is CCCCc1cc2c(-c3ccccc3-c3cccc4ccccc34)cccc2[cH-]1.CCCCc1cc2c(-c3ccccc3-c3cccc4ccccc34)cccc2[cH-]1.C[Si]C.[Cl][Zr+2][Cl]. The number of benzene rings is 8. The van der Waals surface area contributed by atoms with E-state index in [1.807, 2.05) is 0 Å². The van der Waals surface area contributed by atoms with Gasteiger partial charge in [0.1, 0.15) is 0 Å². The number of fused-ring (bicyclic) bond motifs is 4. The maximum atomic E-state index is 4.93. The Hall–Kier alpha value is -4.82. The molecule has 10 rings (SSSR count). The average molecular weight is 967 g/mol. The van der Waals surface area contributed by atoms with Crippen LogP contribution in [0, 0.1) is 0 Å². The van der Waals surface area contributed by atoms with Crippen molar-refractivity contribution in [2.24, 2.45) is 0 Å². The third-order valence-electron chi connectivity index (χ3n) is 11.9. The Balaban J connectivity index is 0.000000171. The van der Waals surface area contributed by atoms with E-state index in [0.29, 0.717) is 0 Å². The summed E-state index contributed by atoms with van der Waals surface area (Å²) in [6, 6.07) is 71.2. The second-order valence-corrected chi connectivity index (χ2v) is 21.0. The van der Waals surface area contributed by atoms with Crippen LogP contribution in [0.4, 0.5) is 0 Å².